The molecule has 2 aromatic heterocycles. The fourth-order valence-corrected chi connectivity index (χ4v) is 1.89. The van der Waals surface area contributed by atoms with Gasteiger partial charge in [-0.1, -0.05) is 11.6 Å². The van der Waals surface area contributed by atoms with Crippen molar-refractivity contribution in [3.63, 3.8) is 0 Å². The molecular formula is C13H13ClN2O3. The van der Waals surface area contributed by atoms with Crippen LogP contribution >= 0.6 is 11.6 Å². The lowest BCUT2D eigenvalue weighted by Crippen LogP contribution is -2.19. The average Bonchev–Trinajstić information content (AvgIpc) is 2.75. The van der Waals surface area contributed by atoms with Crippen LogP contribution in [0.15, 0.2) is 28.9 Å². The summed E-state index contributed by atoms with van der Waals surface area (Å²) >= 11 is 5.79. The van der Waals surface area contributed by atoms with Crippen LogP contribution in [0.2, 0.25) is 5.02 Å². The molecule has 5 nitrogen and oxygen atoms in total. The number of halogens is 1. The number of hydrogen-bond donors (Lipinski definition) is 1. The van der Waals surface area contributed by atoms with Gasteiger partial charge in [0.15, 0.2) is 5.69 Å². The minimum atomic E-state index is -1.14. The van der Waals surface area contributed by atoms with E-state index in [0.717, 1.165) is 11.3 Å². The number of carboxylic acids is 1. The second kappa shape index (κ2) is 5.32. The number of nitrogens with zero attached hydrogens (tertiary/aromatic N) is 2. The molecule has 1 N–H and O–H groups in total. The van der Waals surface area contributed by atoms with Gasteiger partial charge in [0.2, 0.25) is 0 Å². The zero-order valence-electron chi connectivity index (χ0n) is 10.6. The highest BCUT2D eigenvalue weighted by Crippen LogP contribution is 2.21. The molecule has 0 amide bonds. The Hall–Kier alpha value is -2.01. The molecule has 100 valence electrons. The lowest BCUT2D eigenvalue weighted by molar-refractivity contribution is 0.0691. The molecule has 2 rings (SSSR count). The molecule has 0 aliphatic carbocycles. The van der Waals surface area contributed by atoms with Crippen LogP contribution in [0, 0.1) is 6.92 Å². The fraction of sp³-hybridized carbons (Fsp3) is 0.231. The molecular weight excluding hydrogens is 268 g/mol. The van der Waals surface area contributed by atoms with E-state index in [1.54, 1.807) is 12.3 Å². The number of anilines is 1. The lowest BCUT2D eigenvalue weighted by atomic mass is 10.2. The van der Waals surface area contributed by atoms with Gasteiger partial charge in [-0.3, -0.25) is 0 Å². The predicted molar refractivity (Wildman–Crippen MR) is 71.8 cm³/mol. The van der Waals surface area contributed by atoms with E-state index in [1.807, 2.05) is 24.9 Å². The summed E-state index contributed by atoms with van der Waals surface area (Å²) in [4.78, 5) is 16.9. The van der Waals surface area contributed by atoms with Crippen LogP contribution in [0.3, 0.4) is 0 Å². The van der Waals surface area contributed by atoms with Crippen molar-refractivity contribution in [2.24, 2.45) is 0 Å². The Morgan fingerprint density at radius 3 is 2.79 bits per heavy atom. The third-order valence-electron chi connectivity index (χ3n) is 2.80. The van der Waals surface area contributed by atoms with Gasteiger partial charge >= 0.3 is 5.97 Å². The zero-order valence-corrected chi connectivity index (χ0v) is 11.3. The Morgan fingerprint density at radius 2 is 2.21 bits per heavy atom. The number of aryl methyl sites for hydroxylation is 1. The SMILES string of the molecule is Cc1occc1CN(C)c1ccc(Cl)c(C(=O)O)n1. The van der Waals surface area contributed by atoms with Gasteiger partial charge in [0.1, 0.15) is 11.6 Å². The van der Waals surface area contributed by atoms with Crippen LogP contribution < -0.4 is 4.90 Å². The van der Waals surface area contributed by atoms with E-state index in [0.29, 0.717) is 12.4 Å². The van der Waals surface area contributed by atoms with Crippen molar-refractivity contribution >= 4 is 23.4 Å². The van der Waals surface area contributed by atoms with Crippen LogP contribution in [0.25, 0.3) is 0 Å². The van der Waals surface area contributed by atoms with Gasteiger partial charge in [-0.2, -0.15) is 0 Å². The molecule has 19 heavy (non-hydrogen) atoms. The number of furan rings is 1. The largest absolute Gasteiger partial charge is 0.476 e. The van der Waals surface area contributed by atoms with E-state index in [2.05, 4.69) is 4.98 Å². The highest BCUT2D eigenvalue weighted by Gasteiger charge is 2.14. The predicted octanol–water partition coefficient (Wildman–Crippen LogP) is 2.97. The third kappa shape index (κ3) is 2.88. The summed E-state index contributed by atoms with van der Waals surface area (Å²) in [5, 5.41) is 9.12. The Balaban J connectivity index is 2.24. The normalized spacial score (nSPS) is 10.5. The quantitative estimate of drug-likeness (QED) is 0.932. The Labute approximate surface area is 115 Å². The number of aromatic nitrogens is 1. The van der Waals surface area contributed by atoms with E-state index in [1.165, 1.54) is 6.07 Å². The molecule has 0 fully saturated rings. The first kappa shape index (κ1) is 13.4. The van der Waals surface area contributed by atoms with Gasteiger partial charge in [0.25, 0.3) is 0 Å². The second-order valence-corrected chi connectivity index (χ2v) is 4.57. The zero-order chi connectivity index (χ0) is 14.0. The van der Waals surface area contributed by atoms with Crippen molar-refractivity contribution in [3.8, 4) is 0 Å². The summed E-state index contributed by atoms with van der Waals surface area (Å²) in [7, 11) is 1.83. The van der Waals surface area contributed by atoms with Crippen molar-refractivity contribution in [1.82, 2.24) is 4.98 Å². The maximum Gasteiger partial charge on any atom is 0.356 e. The van der Waals surface area contributed by atoms with Gasteiger partial charge in [0, 0.05) is 19.2 Å². The summed E-state index contributed by atoms with van der Waals surface area (Å²) in [6.45, 7) is 2.46. The monoisotopic (exact) mass is 280 g/mol. The van der Waals surface area contributed by atoms with Crippen LogP contribution in [-0.2, 0) is 6.54 Å². The molecule has 2 heterocycles. The van der Waals surface area contributed by atoms with Crippen LogP contribution in [0.1, 0.15) is 21.8 Å². The lowest BCUT2D eigenvalue weighted by Gasteiger charge is -2.18. The van der Waals surface area contributed by atoms with E-state index < -0.39 is 5.97 Å². The van der Waals surface area contributed by atoms with Crippen molar-refractivity contribution in [1.29, 1.82) is 0 Å². The second-order valence-electron chi connectivity index (χ2n) is 4.16. The number of carbonyl (C=O) groups is 1. The molecule has 0 aromatic carbocycles. The molecule has 0 spiro atoms. The highest BCUT2D eigenvalue weighted by atomic mass is 35.5. The highest BCUT2D eigenvalue weighted by molar-refractivity contribution is 6.33. The standard InChI is InChI=1S/C13H13ClN2O3/c1-8-9(5-6-19-8)7-16(2)11-4-3-10(14)12(15-11)13(17)18/h3-6H,7H2,1-2H3,(H,17,18). The maximum absolute atomic E-state index is 11.0. The molecule has 0 aliphatic heterocycles. The molecule has 6 heteroatoms. The average molecular weight is 281 g/mol. The molecule has 0 saturated heterocycles. The van der Waals surface area contributed by atoms with E-state index in [9.17, 15) is 4.79 Å². The minimum Gasteiger partial charge on any atom is -0.476 e. The Bertz CT molecular complexity index is 610. The first-order valence-corrected chi connectivity index (χ1v) is 6.01. The van der Waals surface area contributed by atoms with Crippen molar-refractivity contribution in [2.45, 2.75) is 13.5 Å². The summed E-state index contributed by atoms with van der Waals surface area (Å²) in [6, 6.07) is 5.09. The molecule has 0 unspecified atom stereocenters. The van der Waals surface area contributed by atoms with E-state index in [4.69, 9.17) is 21.1 Å². The third-order valence-corrected chi connectivity index (χ3v) is 3.10. The summed E-state index contributed by atoms with van der Waals surface area (Å²) in [5.41, 5.74) is 0.881. The number of carboxylic acid groups (broad SMARTS) is 1. The van der Waals surface area contributed by atoms with Crippen LogP contribution in [0.4, 0.5) is 5.82 Å². The molecule has 0 bridgehead atoms. The Morgan fingerprint density at radius 1 is 1.47 bits per heavy atom. The van der Waals surface area contributed by atoms with Gasteiger partial charge in [-0.15, -0.1) is 0 Å². The van der Waals surface area contributed by atoms with Gasteiger partial charge in [-0.25, -0.2) is 9.78 Å². The van der Waals surface area contributed by atoms with Crippen molar-refractivity contribution in [2.75, 3.05) is 11.9 Å². The van der Waals surface area contributed by atoms with E-state index in [-0.39, 0.29) is 10.7 Å². The number of hydrogen-bond acceptors (Lipinski definition) is 4. The van der Waals surface area contributed by atoms with E-state index >= 15 is 0 Å². The fourth-order valence-electron chi connectivity index (χ4n) is 1.71. The van der Waals surface area contributed by atoms with Gasteiger partial charge in [-0.05, 0) is 25.1 Å². The summed E-state index contributed by atoms with van der Waals surface area (Å²) in [5.74, 6) is 0.237. The van der Waals surface area contributed by atoms with Gasteiger partial charge < -0.3 is 14.4 Å². The van der Waals surface area contributed by atoms with Crippen molar-refractivity contribution < 1.29 is 14.3 Å². The maximum atomic E-state index is 11.0. The Kier molecular flexibility index (Phi) is 3.76. The topological polar surface area (TPSA) is 66.6 Å². The molecule has 0 saturated carbocycles. The molecule has 0 aliphatic rings. The minimum absolute atomic E-state index is 0.129. The molecule has 0 atom stereocenters. The van der Waals surface area contributed by atoms with Crippen molar-refractivity contribution in [3.05, 3.63) is 46.5 Å². The van der Waals surface area contributed by atoms with Gasteiger partial charge in [0.05, 0.1) is 11.3 Å². The molecule has 0 radical (unpaired) electrons. The first-order valence-electron chi connectivity index (χ1n) is 5.63. The summed E-state index contributed by atoms with van der Waals surface area (Å²) in [6.07, 6.45) is 1.62. The summed E-state index contributed by atoms with van der Waals surface area (Å²) < 4.78 is 5.22. The van der Waals surface area contributed by atoms with Crippen LogP contribution in [0.5, 0.6) is 0 Å². The molecule has 2 aromatic rings. The number of aromatic carboxylic acids is 1. The first-order chi connectivity index (χ1) is 8.99. The smallest absolute Gasteiger partial charge is 0.356 e. The van der Waals surface area contributed by atoms with Crippen LogP contribution in [-0.4, -0.2) is 23.1 Å². The number of pyridine rings is 1. The number of rotatable bonds is 4.